The van der Waals surface area contributed by atoms with Crippen LogP contribution in [0.1, 0.15) is 39.0 Å². The Morgan fingerprint density at radius 3 is 2.07 bits per heavy atom. The number of esters is 1. The van der Waals surface area contributed by atoms with Crippen LogP contribution in [0.25, 0.3) is 0 Å². The fourth-order valence-corrected chi connectivity index (χ4v) is 6.77. The van der Waals surface area contributed by atoms with Crippen molar-refractivity contribution in [1.82, 2.24) is 0 Å². The molecular formula is C26H28O2P. The first-order valence-corrected chi connectivity index (χ1v) is 11.9. The molecule has 0 amide bonds. The summed E-state index contributed by atoms with van der Waals surface area (Å²) in [4.78, 5) is 12.7. The zero-order chi connectivity index (χ0) is 20.1. The van der Waals surface area contributed by atoms with Gasteiger partial charge in [0, 0.05) is 11.6 Å². The van der Waals surface area contributed by atoms with Gasteiger partial charge >= 0.3 is 5.97 Å². The van der Waals surface area contributed by atoms with Gasteiger partial charge in [-0.1, -0.05) is 79.9 Å². The monoisotopic (exact) mass is 403 g/mol. The molecule has 2 aromatic carbocycles. The Hall–Kier alpha value is -1.66. The molecule has 0 unspecified atom stereocenters. The molecule has 0 heterocycles. The van der Waals surface area contributed by atoms with Gasteiger partial charge in [0.2, 0.25) is 0 Å². The Labute approximate surface area is 176 Å². The van der Waals surface area contributed by atoms with Gasteiger partial charge in [0.15, 0.2) is 0 Å². The molecule has 4 rings (SSSR count). The number of rotatable bonds is 6. The summed E-state index contributed by atoms with van der Waals surface area (Å²) in [5.41, 5.74) is 1.28. The minimum absolute atomic E-state index is 0.0203. The maximum absolute atomic E-state index is 12.7. The Morgan fingerprint density at radius 1 is 0.897 bits per heavy atom. The lowest BCUT2D eigenvalue weighted by Gasteiger charge is -2.32. The Bertz CT molecular complexity index is 730. The van der Waals surface area contributed by atoms with Crippen molar-refractivity contribution in [3.63, 3.8) is 0 Å². The van der Waals surface area contributed by atoms with Gasteiger partial charge in [-0.05, 0) is 57.6 Å². The van der Waals surface area contributed by atoms with E-state index >= 15 is 0 Å². The molecule has 0 N–H and O–H groups in total. The first-order valence-electron chi connectivity index (χ1n) is 10.6. The molecule has 5 radical (unpaired) electrons. The lowest BCUT2D eigenvalue weighted by molar-refractivity contribution is -0.153. The van der Waals surface area contributed by atoms with Crippen LogP contribution in [0.5, 0.6) is 0 Å². The SMILES string of the molecule is C[C@H](OC(=O)C1CCCCC1)[C]1[CH][CH][CH][C]1P(c1ccccc1)c1ccccc1. The predicted molar refractivity (Wildman–Crippen MR) is 121 cm³/mol. The van der Waals surface area contributed by atoms with Crippen LogP contribution in [0.3, 0.4) is 0 Å². The molecule has 0 saturated heterocycles. The highest BCUT2D eigenvalue weighted by atomic mass is 31.1. The van der Waals surface area contributed by atoms with Crippen LogP contribution in [0.4, 0.5) is 0 Å². The van der Waals surface area contributed by atoms with Crippen LogP contribution in [0.15, 0.2) is 60.7 Å². The predicted octanol–water partition coefficient (Wildman–Crippen LogP) is 5.36. The summed E-state index contributed by atoms with van der Waals surface area (Å²) in [6.07, 6.45) is 11.7. The van der Waals surface area contributed by atoms with Crippen LogP contribution >= 0.6 is 7.92 Å². The third kappa shape index (κ3) is 4.92. The summed E-state index contributed by atoms with van der Waals surface area (Å²) in [5, 5.41) is 2.62. The van der Waals surface area contributed by atoms with E-state index in [1.807, 2.05) is 6.92 Å². The van der Waals surface area contributed by atoms with Crippen molar-refractivity contribution in [3.05, 3.63) is 91.5 Å². The van der Waals surface area contributed by atoms with E-state index in [0.717, 1.165) is 31.6 Å². The van der Waals surface area contributed by atoms with Crippen molar-refractivity contribution in [3.8, 4) is 0 Å². The number of ether oxygens (including phenoxy) is 1. The normalized spacial score (nSPS) is 20.1. The topological polar surface area (TPSA) is 26.3 Å². The van der Waals surface area contributed by atoms with Crippen LogP contribution in [0.2, 0.25) is 0 Å². The van der Waals surface area contributed by atoms with Gasteiger partial charge in [-0.3, -0.25) is 4.79 Å². The van der Waals surface area contributed by atoms with Gasteiger partial charge in [-0.25, -0.2) is 0 Å². The third-order valence-corrected chi connectivity index (χ3v) is 8.28. The molecule has 0 aliphatic heterocycles. The molecule has 2 aliphatic carbocycles. The molecule has 1 atom stereocenters. The van der Waals surface area contributed by atoms with Crippen LogP contribution in [-0.4, -0.2) is 12.1 Å². The summed E-state index contributed by atoms with van der Waals surface area (Å²) in [7, 11) is -0.693. The average Bonchev–Trinajstić information content (AvgIpc) is 3.25. The molecule has 0 aromatic heterocycles. The van der Waals surface area contributed by atoms with Crippen LogP contribution in [0, 0.1) is 36.8 Å². The lowest BCUT2D eigenvalue weighted by atomic mass is 9.89. The highest BCUT2D eigenvalue weighted by molar-refractivity contribution is 7.76. The third-order valence-electron chi connectivity index (χ3n) is 5.76. The van der Waals surface area contributed by atoms with Crippen molar-refractivity contribution < 1.29 is 9.53 Å². The minimum Gasteiger partial charge on any atom is -0.462 e. The molecule has 3 heteroatoms. The van der Waals surface area contributed by atoms with E-state index in [-0.39, 0.29) is 18.0 Å². The van der Waals surface area contributed by atoms with E-state index < -0.39 is 7.92 Å². The highest BCUT2D eigenvalue weighted by Crippen LogP contribution is 2.57. The molecule has 2 aliphatic rings. The van der Waals surface area contributed by atoms with Gasteiger partial charge in [-0.2, -0.15) is 0 Å². The Morgan fingerprint density at radius 2 is 1.48 bits per heavy atom. The highest BCUT2D eigenvalue weighted by Gasteiger charge is 2.41. The smallest absolute Gasteiger partial charge is 0.309 e. The quantitative estimate of drug-likeness (QED) is 0.479. The molecule has 0 spiro atoms. The molecule has 149 valence electrons. The number of carbonyl (C=O) groups is 1. The van der Waals surface area contributed by atoms with E-state index in [1.54, 1.807) is 0 Å². The first kappa shape index (κ1) is 20.6. The zero-order valence-electron chi connectivity index (χ0n) is 17.0. The molecule has 2 aromatic rings. The van der Waals surface area contributed by atoms with Crippen LogP contribution in [-0.2, 0) is 9.53 Å². The van der Waals surface area contributed by atoms with E-state index in [1.165, 1.54) is 22.7 Å². The van der Waals surface area contributed by atoms with Gasteiger partial charge in [0.1, 0.15) is 6.10 Å². The second-order valence-corrected chi connectivity index (χ2v) is 9.97. The maximum atomic E-state index is 12.7. The molecule has 2 nitrogen and oxygen atoms in total. The first-order chi connectivity index (χ1) is 14.2. The zero-order valence-corrected chi connectivity index (χ0v) is 17.9. The van der Waals surface area contributed by atoms with Crippen molar-refractivity contribution in [2.75, 3.05) is 0 Å². The van der Waals surface area contributed by atoms with Crippen molar-refractivity contribution in [2.24, 2.45) is 5.92 Å². The average molecular weight is 403 g/mol. The Balaban J connectivity index is 1.53. The van der Waals surface area contributed by atoms with Crippen molar-refractivity contribution >= 4 is 24.5 Å². The molecule has 0 bridgehead atoms. The number of hydrogen-bond acceptors (Lipinski definition) is 2. The minimum atomic E-state index is -0.693. The molecule has 2 saturated carbocycles. The number of hydrogen-bond donors (Lipinski definition) is 0. The van der Waals surface area contributed by atoms with Gasteiger partial charge in [-0.15, -0.1) is 0 Å². The van der Waals surface area contributed by atoms with Gasteiger partial charge in [0.05, 0.1) is 5.92 Å². The summed E-state index contributed by atoms with van der Waals surface area (Å²) < 4.78 is 5.97. The van der Waals surface area contributed by atoms with Crippen molar-refractivity contribution in [2.45, 2.75) is 45.1 Å². The molecular weight excluding hydrogens is 375 g/mol. The summed E-state index contributed by atoms with van der Waals surface area (Å²) in [6.45, 7) is 2.02. The fourth-order valence-electron chi connectivity index (χ4n) is 4.23. The molecule has 2 fully saturated rings. The number of carbonyl (C=O) groups excluding carboxylic acids is 1. The second kappa shape index (κ2) is 9.90. The van der Waals surface area contributed by atoms with E-state index in [9.17, 15) is 4.79 Å². The maximum Gasteiger partial charge on any atom is 0.309 e. The lowest BCUT2D eigenvalue weighted by Crippen LogP contribution is -2.30. The van der Waals surface area contributed by atoms with Crippen LogP contribution < -0.4 is 10.6 Å². The second-order valence-electron chi connectivity index (χ2n) is 7.79. The molecule has 29 heavy (non-hydrogen) atoms. The van der Waals surface area contributed by atoms with E-state index in [2.05, 4.69) is 79.9 Å². The summed E-state index contributed by atoms with van der Waals surface area (Å²) in [5.74, 6) is 1.19. The largest absolute Gasteiger partial charge is 0.462 e. The van der Waals surface area contributed by atoms with E-state index in [0.29, 0.717) is 0 Å². The number of benzene rings is 2. The standard InChI is InChI=1S/C26H28O2P/c1-20(28-26(27)21-12-5-2-6-13-21)24-18-11-19-25(24)29(22-14-7-3-8-15-22)23-16-9-4-10-17-23/h3-4,7-11,14-21H,2,5-6,12-13H2,1H3/t20-/m0/s1. The van der Waals surface area contributed by atoms with Crippen molar-refractivity contribution in [1.29, 1.82) is 0 Å². The fraction of sp³-hybridized carbons (Fsp3) is 0.308. The summed E-state index contributed by atoms with van der Waals surface area (Å²) >= 11 is 0. The van der Waals surface area contributed by atoms with Gasteiger partial charge < -0.3 is 4.74 Å². The van der Waals surface area contributed by atoms with Gasteiger partial charge in [0.25, 0.3) is 0 Å². The van der Waals surface area contributed by atoms with E-state index in [4.69, 9.17) is 4.74 Å². The Kier molecular flexibility index (Phi) is 7.03. The summed E-state index contributed by atoms with van der Waals surface area (Å²) in [6, 6.07) is 21.3.